The van der Waals surface area contributed by atoms with Gasteiger partial charge in [0.1, 0.15) is 6.61 Å². The molecule has 2 aliphatic rings. The van der Waals surface area contributed by atoms with Crippen molar-refractivity contribution >= 4 is 29.4 Å². The van der Waals surface area contributed by atoms with Gasteiger partial charge in [0.15, 0.2) is 0 Å². The summed E-state index contributed by atoms with van der Waals surface area (Å²) in [5.41, 5.74) is 1.40. The quantitative estimate of drug-likeness (QED) is 0.684. The largest absolute Gasteiger partial charge is 0.396 e. The Morgan fingerprint density at radius 3 is 2.95 bits per heavy atom. The summed E-state index contributed by atoms with van der Waals surface area (Å²) in [5, 5.41) is 8.72. The molecule has 1 aliphatic heterocycles. The Morgan fingerprint density at radius 1 is 1.37 bits per heavy atom. The predicted molar refractivity (Wildman–Crippen MR) is 78.2 cm³/mol. The van der Waals surface area contributed by atoms with Gasteiger partial charge in [-0.25, -0.2) is 0 Å². The van der Waals surface area contributed by atoms with Crippen molar-refractivity contribution < 1.29 is 4.84 Å². The van der Waals surface area contributed by atoms with Gasteiger partial charge < -0.3 is 10.2 Å². The third-order valence-electron chi connectivity index (χ3n) is 4.29. The summed E-state index contributed by atoms with van der Waals surface area (Å²) in [7, 11) is 0. The van der Waals surface area contributed by atoms with Gasteiger partial charge in [-0.05, 0) is 31.0 Å². The zero-order valence-corrected chi connectivity index (χ0v) is 12.3. The Morgan fingerprint density at radius 2 is 2.21 bits per heavy atom. The molecule has 1 aromatic carbocycles. The highest BCUT2D eigenvalue weighted by molar-refractivity contribution is 6.42. The van der Waals surface area contributed by atoms with Crippen LogP contribution in [0.2, 0.25) is 10.0 Å². The van der Waals surface area contributed by atoms with E-state index in [0.717, 1.165) is 19.5 Å². The third kappa shape index (κ3) is 1.95. The number of oxime groups is 1. The Kier molecular flexibility index (Phi) is 3.24. The van der Waals surface area contributed by atoms with Crippen molar-refractivity contribution in [3.63, 3.8) is 0 Å². The smallest absolute Gasteiger partial charge is 0.114 e. The monoisotopic (exact) mass is 298 g/mol. The standard InChI is InChI=1S/C14H16Cl2N2O/c1-2-19-18-8-13-6-14(13,9-17-7-13)10-3-4-11(15)12(16)5-10/h3-5,8,17H,2,6-7,9H2,1H3. The predicted octanol–water partition coefficient (Wildman–Crippen LogP) is 3.25. The van der Waals surface area contributed by atoms with Gasteiger partial charge in [0, 0.05) is 23.9 Å². The van der Waals surface area contributed by atoms with Gasteiger partial charge >= 0.3 is 0 Å². The molecular formula is C14H16Cl2N2O. The lowest BCUT2D eigenvalue weighted by atomic mass is 9.89. The van der Waals surface area contributed by atoms with Crippen LogP contribution in [0.3, 0.4) is 0 Å². The summed E-state index contributed by atoms with van der Waals surface area (Å²) in [6, 6.07) is 5.92. The van der Waals surface area contributed by atoms with Gasteiger partial charge in [-0.1, -0.05) is 34.4 Å². The zero-order valence-electron chi connectivity index (χ0n) is 10.7. The molecule has 102 valence electrons. The molecule has 0 amide bonds. The second-order valence-electron chi connectivity index (χ2n) is 5.30. The van der Waals surface area contributed by atoms with Crippen LogP contribution in [-0.4, -0.2) is 25.9 Å². The van der Waals surface area contributed by atoms with Crippen LogP contribution in [0.1, 0.15) is 18.9 Å². The lowest BCUT2D eigenvalue weighted by Crippen LogP contribution is -2.19. The van der Waals surface area contributed by atoms with Crippen LogP contribution in [0.15, 0.2) is 23.4 Å². The molecule has 1 aromatic rings. The van der Waals surface area contributed by atoms with Gasteiger partial charge in [-0.2, -0.15) is 0 Å². The van der Waals surface area contributed by atoms with Crippen LogP contribution in [0, 0.1) is 5.41 Å². The fourth-order valence-electron chi connectivity index (χ4n) is 3.18. The number of nitrogens with zero attached hydrogens (tertiary/aromatic N) is 1. The maximum Gasteiger partial charge on any atom is 0.114 e. The lowest BCUT2D eigenvalue weighted by Gasteiger charge is -2.15. The molecule has 2 fully saturated rings. The normalized spacial score (nSPS) is 32.6. The Labute approximate surface area is 122 Å². The first kappa shape index (κ1) is 13.2. The Balaban J connectivity index is 1.90. The van der Waals surface area contributed by atoms with Crippen molar-refractivity contribution in [2.75, 3.05) is 19.7 Å². The van der Waals surface area contributed by atoms with Crippen LogP contribution >= 0.6 is 23.2 Å². The molecule has 0 radical (unpaired) electrons. The van der Waals surface area contributed by atoms with E-state index in [9.17, 15) is 0 Å². The number of fused-ring (bicyclic) bond motifs is 1. The summed E-state index contributed by atoms with van der Waals surface area (Å²) >= 11 is 12.1. The average molecular weight is 299 g/mol. The highest BCUT2D eigenvalue weighted by atomic mass is 35.5. The van der Waals surface area contributed by atoms with Crippen molar-refractivity contribution in [3.05, 3.63) is 33.8 Å². The highest BCUT2D eigenvalue weighted by Gasteiger charge is 2.70. The van der Waals surface area contributed by atoms with E-state index in [1.165, 1.54) is 5.56 Å². The molecule has 1 heterocycles. The molecule has 0 aromatic heterocycles. The summed E-state index contributed by atoms with van der Waals surface area (Å²) in [4.78, 5) is 5.11. The summed E-state index contributed by atoms with van der Waals surface area (Å²) in [6.07, 6.45) is 3.04. The Hall–Kier alpha value is -0.770. The fraction of sp³-hybridized carbons (Fsp3) is 0.500. The summed E-state index contributed by atoms with van der Waals surface area (Å²) in [6.45, 7) is 4.41. The number of rotatable bonds is 4. The number of hydrogen-bond acceptors (Lipinski definition) is 3. The molecule has 5 heteroatoms. The molecular weight excluding hydrogens is 283 g/mol. The lowest BCUT2D eigenvalue weighted by molar-refractivity contribution is 0.158. The van der Waals surface area contributed by atoms with Gasteiger partial charge in [-0.15, -0.1) is 0 Å². The number of hydrogen-bond donors (Lipinski definition) is 1. The van der Waals surface area contributed by atoms with Crippen LogP contribution in [0.25, 0.3) is 0 Å². The third-order valence-corrected chi connectivity index (χ3v) is 5.03. The first-order valence-corrected chi connectivity index (χ1v) is 7.22. The topological polar surface area (TPSA) is 33.6 Å². The molecule has 2 unspecified atom stereocenters. The van der Waals surface area contributed by atoms with Crippen molar-refractivity contribution in [2.45, 2.75) is 18.8 Å². The molecule has 3 rings (SSSR count). The van der Waals surface area contributed by atoms with E-state index in [2.05, 4.69) is 16.5 Å². The number of piperidine rings is 1. The zero-order chi connectivity index (χ0) is 13.5. The fourth-order valence-corrected chi connectivity index (χ4v) is 3.47. The summed E-state index contributed by atoms with van der Waals surface area (Å²) < 4.78 is 0. The van der Waals surface area contributed by atoms with Gasteiger partial charge in [0.2, 0.25) is 0 Å². The number of nitrogens with one attached hydrogen (secondary N) is 1. The molecule has 0 spiro atoms. The number of benzene rings is 1. The van der Waals surface area contributed by atoms with Gasteiger partial charge in [0.25, 0.3) is 0 Å². The van der Waals surface area contributed by atoms with Crippen molar-refractivity contribution in [2.24, 2.45) is 10.6 Å². The highest BCUT2D eigenvalue weighted by Crippen LogP contribution is 2.66. The molecule has 1 saturated carbocycles. The molecule has 2 atom stereocenters. The Bertz CT molecular complexity index is 534. The SMILES string of the molecule is CCON=CC12CNCC1(c1ccc(Cl)c(Cl)c1)C2. The van der Waals surface area contributed by atoms with E-state index in [1.807, 2.05) is 25.3 Å². The molecule has 1 saturated heterocycles. The molecule has 3 nitrogen and oxygen atoms in total. The van der Waals surface area contributed by atoms with Crippen molar-refractivity contribution in [1.82, 2.24) is 5.32 Å². The maximum absolute atomic E-state index is 6.13. The van der Waals surface area contributed by atoms with Crippen LogP contribution in [0.5, 0.6) is 0 Å². The van der Waals surface area contributed by atoms with E-state index in [1.54, 1.807) is 0 Å². The van der Waals surface area contributed by atoms with Crippen LogP contribution in [0.4, 0.5) is 0 Å². The van der Waals surface area contributed by atoms with E-state index >= 15 is 0 Å². The molecule has 0 bridgehead atoms. The first-order valence-electron chi connectivity index (χ1n) is 6.46. The van der Waals surface area contributed by atoms with E-state index < -0.39 is 0 Å². The summed E-state index contributed by atoms with van der Waals surface area (Å²) in [5.74, 6) is 0. The molecule has 1 N–H and O–H groups in total. The molecule has 19 heavy (non-hydrogen) atoms. The minimum Gasteiger partial charge on any atom is -0.396 e. The number of halogens is 2. The van der Waals surface area contributed by atoms with Crippen LogP contribution < -0.4 is 5.32 Å². The van der Waals surface area contributed by atoms with E-state index in [0.29, 0.717) is 16.7 Å². The first-order chi connectivity index (χ1) is 9.13. The molecule has 1 aliphatic carbocycles. The van der Waals surface area contributed by atoms with Gasteiger partial charge in [-0.3, -0.25) is 0 Å². The minimum atomic E-state index is 0.0688. The minimum absolute atomic E-state index is 0.0688. The van der Waals surface area contributed by atoms with Gasteiger partial charge in [0.05, 0.1) is 16.3 Å². The maximum atomic E-state index is 6.13. The average Bonchev–Trinajstić information content (AvgIpc) is 2.90. The second-order valence-corrected chi connectivity index (χ2v) is 6.11. The van der Waals surface area contributed by atoms with E-state index in [-0.39, 0.29) is 10.8 Å². The second kappa shape index (κ2) is 4.65. The van der Waals surface area contributed by atoms with Crippen molar-refractivity contribution in [1.29, 1.82) is 0 Å². The van der Waals surface area contributed by atoms with Crippen LogP contribution in [-0.2, 0) is 10.3 Å². The van der Waals surface area contributed by atoms with E-state index in [4.69, 9.17) is 28.0 Å². The van der Waals surface area contributed by atoms with Crippen molar-refractivity contribution in [3.8, 4) is 0 Å².